The average Bonchev–Trinajstić information content (AvgIpc) is 2.16. The summed E-state index contributed by atoms with van der Waals surface area (Å²) in [5.74, 6) is -1.19. The van der Waals surface area contributed by atoms with Gasteiger partial charge in [0.15, 0.2) is 0 Å². The zero-order valence-corrected chi connectivity index (χ0v) is 7.75. The Kier molecular flexibility index (Phi) is 3.81. The normalized spacial score (nSPS) is 20.3. The van der Waals surface area contributed by atoms with Crippen molar-refractivity contribution >= 4 is 12.0 Å². The van der Waals surface area contributed by atoms with Crippen LogP contribution in [0.1, 0.15) is 0 Å². The largest absolute Gasteiger partial charge is 0.354 e. The van der Waals surface area contributed by atoms with Gasteiger partial charge in [0.1, 0.15) is 6.21 Å². The third-order valence-corrected chi connectivity index (χ3v) is 1.60. The van der Waals surface area contributed by atoms with Crippen LogP contribution in [0.2, 0.25) is 0 Å². The maximum Gasteiger partial charge on any atom is 0.333 e. The molecule has 0 aliphatic heterocycles. The predicted molar refractivity (Wildman–Crippen MR) is 48.6 cm³/mol. The molecule has 1 unspecified atom stereocenters. The van der Waals surface area contributed by atoms with Gasteiger partial charge < -0.3 is 4.84 Å². The van der Waals surface area contributed by atoms with Crippen LogP contribution in [0.3, 0.4) is 0 Å². The number of halogens is 2. The highest BCUT2D eigenvalue weighted by Crippen LogP contribution is 2.14. The monoisotopic (exact) mass is 232 g/mol. The Balaban J connectivity index is 2.76. The summed E-state index contributed by atoms with van der Waals surface area (Å²) in [5.41, 5.74) is 0. The van der Waals surface area contributed by atoms with Gasteiger partial charge in [0.25, 0.3) is 6.43 Å². The smallest absolute Gasteiger partial charge is 0.333 e. The van der Waals surface area contributed by atoms with E-state index in [0.29, 0.717) is 0 Å². The van der Waals surface area contributed by atoms with Crippen LogP contribution < -0.4 is 0 Å². The molecule has 0 aromatic heterocycles. The maximum absolute atomic E-state index is 11.7. The summed E-state index contributed by atoms with van der Waals surface area (Å²) in [6, 6.07) is -1.72. The summed E-state index contributed by atoms with van der Waals surface area (Å²) in [4.78, 5) is 25.1. The van der Waals surface area contributed by atoms with Crippen molar-refractivity contribution in [3.63, 3.8) is 0 Å². The Hall–Kier alpha value is -2.12. The lowest BCUT2D eigenvalue weighted by molar-refractivity contribution is -0.501. The SMILES string of the molecule is O=C1C=CC=C(ON=CC(F)F)C1[N+](=O)[O-]. The van der Waals surface area contributed by atoms with E-state index < -0.39 is 28.9 Å². The molecule has 0 N–H and O–H groups in total. The number of nitro groups is 1. The minimum absolute atomic E-state index is 0.167. The fourth-order valence-electron chi connectivity index (χ4n) is 0.986. The second-order valence-corrected chi connectivity index (χ2v) is 2.70. The number of rotatable bonds is 4. The lowest BCUT2D eigenvalue weighted by atomic mass is 10.1. The number of ketones is 1. The molecule has 0 radical (unpaired) electrons. The summed E-state index contributed by atoms with van der Waals surface area (Å²) >= 11 is 0. The fraction of sp³-hybridized carbons (Fsp3) is 0.250. The van der Waals surface area contributed by atoms with E-state index in [1.54, 1.807) is 0 Å². The number of carbonyl (C=O) groups is 1. The Morgan fingerprint density at radius 1 is 1.62 bits per heavy atom. The Labute approximate surface area is 88.0 Å². The minimum atomic E-state index is -2.83. The van der Waals surface area contributed by atoms with Crippen LogP contribution in [-0.4, -0.2) is 29.4 Å². The van der Waals surface area contributed by atoms with Gasteiger partial charge >= 0.3 is 6.04 Å². The molecule has 0 saturated heterocycles. The Morgan fingerprint density at radius 3 is 2.88 bits per heavy atom. The van der Waals surface area contributed by atoms with E-state index in [1.165, 1.54) is 6.08 Å². The first-order valence-corrected chi connectivity index (χ1v) is 4.06. The fourth-order valence-corrected chi connectivity index (χ4v) is 0.986. The molecule has 8 heteroatoms. The molecule has 0 fully saturated rings. The van der Waals surface area contributed by atoms with Crippen LogP contribution in [0.4, 0.5) is 8.78 Å². The molecule has 0 aromatic carbocycles. The highest BCUT2D eigenvalue weighted by Gasteiger charge is 2.36. The van der Waals surface area contributed by atoms with Crippen molar-refractivity contribution < 1.29 is 23.3 Å². The molecule has 1 atom stereocenters. The molecular weight excluding hydrogens is 226 g/mol. The summed E-state index contributed by atoms with van der Waals surface area (Å²) in [6.45, 7) is 0. The lowest BCUT2D eigenvalue weighted by Crippen LogP contribution is -2.32. The number of alkyl halides is 2. The number of nitrogens with zero attached hydrogens (tertiary/aromatic N) is 2. The van der Waals surface area contributed by atoms with Crippen LogP contribution in [0.15, 0.2) is 29.1 Å². The maximum atomic E-state index is 11.7. The molecule has 6 nitrogen and oxygen atoms in total. The molecule has 0 heterocycles. The van der Waals surface area contributed by atoms with E-state index in [2.05, 4.69) is 9.99 Å². The van der Waals surface area contributed by atoms with Crippen LogP contribution in [0.25, 0.3) is 0 Å². The minimum Gasteiger partial charge on any atom is -0.354 e. The van der Waals surface area contributed by atoms with Gasteiger partial charge in [0, 0.05) is 4.92 Å². The van der Waals surface area contributed by atoms with E-state index in [9.17, 15) is 23.7 Å². The molecule has 0 saturated carbocycles. The van der Waals surface area contributed by atoms with Crippen LogP contribution in [0.5, 0.6) is 0 Å². The Bertz CT molecular complexity index is 389. The van der Waals surface area contributed by atoms with Crippen molar-refractivity contribution in [1.82, 2.24) is 0 Å². The van der Waals surface area contributed by atoms with Gasteiger partial charge in [0.2, 0.25) is 11.5 Å². The van der Waals surface area contributed by atoms with Crippen molar-refractivity contribution in [3.8, 4) is 0 Å². The van der Waals surface area contributed by atoms with E-state index in [1.807, 2.05) is 0 Å². The number of carbonyl (C=O) groups excluding carboxylic acids is 1. The molecule has 1 aliphatic carbocycles. The van der Waals surface area contributed by atoms with Gasteiger partial charge in [-0.2, -0.15) is 0 Å². The third-order valence-electron chi connectivity index (χ3n) is 1.60. The Morgan fingerprint density at radius 2 is 2.31 bits per heavy atom. The van der Waals surface area contributed by atoms with Gasteiger partial charge in [-0.25, -0.2) is 8.78 Å². The number of hydrogen-bond donors (Lipinski definition) is 0. The van der Waals surface area contributed by atoms with Crippen molar-refractivity contribution in [2.24, 2.45) is 5.16 Å². The second kappa shape index (κ2) is 5.10. The highest BCUT2D eigenvalue weighted by molar-refractivity contribution is 5.96. The van der Waals surface area contributed by atoms with E-state index in [-0.39, 0.29) is 6.21 Å². The zero-order chi connectivity index (χ0) is 12.1. The van der Waals surface area contributed by atoms with Crippen molar-refractivity contribution in [1.29, 1.82) is 0 Å². The number of allylic oxidation sites excluding steroid dienone is 2. The molecule has 1 aliphatic rings. The molecule has 0 aromatic rings. The summed E-state index contributed by atoms with van der Waals surface area (Å²) in [6.07, 6.45) is 0.676. The first kappa shape index (κ1) is 12.0. The second-order valence-electron chi connectivity index (χ2n) is 2.70. The first-order valence-electron chi connectivity index (χ1n) is 4.06. The molecule has 0 bridgehead atoms. The third kappa shape index (κ3) is 2.94. The molecule has 16 heavy (non-hydrogen) atoms. The van der Waals surface area contributed by atoms with Crippen LogP contribution in [-0.2, 0) is 9.63 Å². The van der Waals surface area contributed by atoms with Gasteiger partial charge in [-0.15, -0.1) is 0 Å². The van der Waals surface area contributed by atoms with Crippen LogP contribution in [0, 0.1) is 10.1 Å². The quantitative estimate of drug-likeness (QED) is 0.410. The number of oxime groups is 1. The van der Waals surface area contributed by atoms with Gasteiger partial charge in [0.05, 0.1) is 0 Å². The molecule has 86 valence electrons. The molecular formula is C8H6F2N2O4. The van der Waals surface area contributed by atoms with Gasteiger partial charge in [-0.1, -0.05) is 11.2 Å². The summed E-state index contributed by atoms with van der Waals surface area (Å²) in [5, 5.41) is 13.3. The van der Waals surface area contributed by atoms with Gasteiger partial charge in [-0.05, 0) is 12.2 Å². The average molecular weight is 232 g/mol. The van der Waals surface area contributed by atoms with E-state index >= 15 is 0 Å². The molecule has 0 spiro atoms. The molecule has 0 amide bonds. The zero-order valence-electron chi connectivity index (χ0n) is 7.75. The van der Waals surface area contributed by atoms with Gasteiger partial charge in [-0.3, -0.25) is 14.9 Å². The van der Waals surface area contributed by atoms with E-state index in [4.69, 9.17) is 0 Å². The van der Waals surface area contributed by atoms with Crippen molar-refractivity contribution in [3.05, 3.63) is 34.1 Å². The predicted octanol–water partition coefficient (Wildman–Crippen LogP) is 0.922. The first-order chi connectivity index (χ1) is 7.52. The standard InChI is InChI=1S/C8H6F2N2O4/c9-7(10)4-11-16-6-3-1-2-5(13)8(6)12(14)15/h1-4,7-8H. The molecule has 1 rings (SSSR count). The summed E-state index contributed by atoms with van der Waals surface area (Å²) in [7, 11) is 0. The van der Waals surface area contributed by atoms with Crippen LogP contribution >= 0.6 is 0 Å². The topological polar surface area (TPSA) is 81.8 Å². The highest BCUT2D eigenvalue weighted by atomic mass is 19.3. The summed E-state index contributed by atoms with van der Waals surface area (Å²) < 4.78 is 23.3. The number of hydrogen-bond acceptors (Lipinski definition) is 5. The van der Waals surface area contributed by atoms with Crippen molar-refractivity contribution in [2.45, 2.75) is 12.5 Å². The van der Waals surface area contributed by atoms with E-state index in [0.717, 1.165) is 12.2 Å². The van der Waals surface area contributed by atoms with Crippen molar-refractivity contribution in [2.75, 3.05) is 0 Å². The lowest BCUT2D eigenvalue weighted by Gasteiger charge is -2.10.